The summed E-state index contributed by atoms with van der Waals surface area (Å²) in [6.45, 7) is 6.55. The lowest BCUT2D eigenvalue weighted by molar-refractivity contribution is -0.137. The SMILES string of the molecule is Cc1ccc(CN2C[C@@H]3C[C@@H](c4ccc(-n5cccn5)cc4C)N4CCC[C@@]34C2=O)o1. The van der Waals surface area contributed by atoms with E-state index in [-0.39, 0.29) is 5.54 Å². The average molecular weight is 417 g/mol. The highest BCUT2D eigenvalue weighted by Crippen LogP contribution is 2.56. The van der Waals surface area contributed by atoms with Crippen LogP contribution in [-0.2, 0) is 11.3 Å². The first-order chi connectivity index (χ1) is 15.1. The van der Waals surface area contributed by atoms with Crippen molar-refractivity contribution >= 4 is 5.91 Å². The number of carbonyl (C=O) groups is 1. The standard InChI is InChI=1S/C25H28N4O2/c1-17-13-20(29-12-4-10-26-29)6-8-22(17)23-14-19-15-27(16-21-7-5-18(2)31-21)24(30)25(19)9-3-11-28(23)25/h4-8,10,12-13,19,23H,3,9,11,14-16H2,1-2H3/t19-,23-,25-/m0/s1. The summed E-state index contributed by atoms with van der Waals surface area (Å²) in [4.78, 5) is 18.3. The Hall–Kier alpha value is -2.86. The Morgan fingerprint density at radius 1 is 1.23 bits per heavy atom. The van der Waals surface area contributed by atoms with E-state index >= 15 is 0 Å². The molecular formula is C25H28N4O2. The molecule has 0 N–H and O–H groups in total. The Morgan fingerprint density at radius 2 is 2.13 bits per heavy atom. The molecule has 3 fully saturated rings. The zero-order chi connectivity index (χ0) is 21.2. The highest BCUT2D eigenvalue weighted by molar-refractivity contribution is 5.90. The number of rotatable bonds is 4. The summed E-state index contributed by atoms with van der Waals surface area (Å²) in [5.74, 6) is 2.47. The second kappa shape index (κ2) is 6.82. The molecule has 6 nitrogen and oxygen atoms in total. The molecule has 2 aromatic heterocycles. The van der Waals surface area contributed by atoms with E-state index in [9.17, 15) is 4.79 Å². The quantitative estimate of drug-likeness (QED) is 0.645. The summed E-state index contributed by atoms with van der Waals surface area (Å²) in [7, 11) is 0. The molecular weight excluding hydrogens is 388 g/mol. The van der Waals surface area contributed by atoms with Gasteiger partial charge in [0, 0.05) is 30.9 Å². The van der Waals surface area contributed by atoms with Crippen LogP contribution in [-0.4, -0.2) is 44.1 Å². The summed E-state index contributed by atoms with van der Waals surface area (Å²) >= 11 is 0. The Kier molecular flexibility index (Phi) is 4.15. The molecule has 3 aromatic rings. The molecule has 160 valence electrons. The van der Waals surface area contributed by atoms with E-state index < -0.39 is 0 Å². The van der Waals surface area contributed by atoms with Gasteiger partial charge in [-0.05, 0) is 81.1 Å². The topological polar surface area (TPSA) is 54.5 Å². The van der Waals surface area contributed by atoms with Crippen LogP contribution in [0, 0.1) is 19.8 Å². The summed E-state index contributed by atoms with van der Waals surface area (Å²) in [5.41, 5.74) is 3.39. The second-order valence-electron chi connectivity index (χ2n) is 9.36. The van der Waals surface area contributed by atoms with Gasteiger partial charge in [0.1, 0.15) is 17.1 Å². The minimum atomic E-state index is -0.320. The Balaban J connectivity index is 1.28. The maximum atomic E-state index is 13.7. The minimum absolute atomic E-state index is 0.303. The number of likely N-dealkylation sites (tertiary alicyclic amines) is 1. The summed E-state index contributed by atoms with van der Waals surface area (Å²) in [6, 6.07) is 12.8. The predicted octanol–water partition coefficient (Wildman–Crippen LogP) is 4.02. The third kappa shape index (κ3) is 2.74. The third-order valence-corrected chi connectivity index (χ3v) is 7.65. The van der Waals surface area contributed by atoms with Gasteiger partial charge in [-0.2, -0.15) is 5.10 Å². The van der Waals surface area contributed by atoms with Crippen LogP contribution in [0.2, 0.25) is 0 Å². The molecule has 5 heterocycles. The van der Waals surface area contributed by atoms with Crippen LogP contribution in [0.3, 0.4) is 0 Å². The van der Waals surface area contributed by atoms with Gasteiger partial charge in [-0.1, -0.05) is 6.07 Å². The first-order valence-electron chi connectivity index (χ1n) is 11.3. The van der Waals surface area contributed by atoms with Crippen molar-refractivity contribution in [3.05, 3.63) is 71.4 Å². The highest BCUT2D eigenvalue weighted by atomic mass is 16.3. The van der Waals surface area contributed by atoms with Crippen molar-refractivity contribution in [2.75, 3.05) is 13.1 Å². The van der Waals surface area contributed by atoms with E-state index in [0.29, 0.717) is 24.4 Å². The maximum Gasteiger partial charge on any atom is 0.243 e. The molecule has 1 aromatic carbocycles. The van der Waals surface area contributed by atoms with Crippen LogP contribution in [0.15, 0.2) is 53.2 Å². The number of hydrogen-bond acceptors (Lipinski definition) is 4. The molecule has 0 bridgehead atoms. The zero-order valence-corrected chi connectivity index (χ0v) is 18.1. The number of benzene rings is 1. The number of aryl methyl sites for hydroxylation is 2. The molecule has 31 heavy (non-hydrogen) atoms. The van der Waals surface area contributed by atoms with E-state index in [2.05, 4.69) is 35.1 Å². The smallest absolute Gasteiger partial charge is 0.243 e. The third-order valence-electron chi connectivity index (χ3n) is 7.65. The van der Waals surface area contributed by atoms with Crippen LogP contribution in [0.5, 0.6) is 0 Å². The van der Waals surface area contributed by atoms with Crippen molar-refractivity contribution in [2.24, 2.45) is 5.92 Å². The van der Waals surface area contributed by atoms with Crippen LogP contribution in [0.4, 0.5) is 0 Å². The molecule has 6 heteroatoms. The second-order valence-corrected chi connectivity index (χ2v) is 9.36. The summed E-state index contributed by atoms with van der Waals surface area (Å²) in [5, 5.41) is 4.36. The van der Waals surface area contributed by atoms with Gasteiger partial charge < -0.3 is 9.32 Å². The number of furan rings is 1. The predicted molar refractivity (Wildman–Crippen MR) is 117 cm³/mol. The maximum absolute atomic E-state index is 13.7. The van der Waals surface area contributed by atoms with Gasteiger partial charge in [-0.15, -0.1) is 0 Å². The lowest BCUT2D eigenvalue weighted by atomic mass is 9.85. The van der Waals surface area contributed by atoms with Gasteiger partial charge in [0.2, 0.25) is 5.91 Å². The van der Waals surface area contributed by atoms with E-state index in [0.717, 1.165) is 49.6 Å². The molecule has 1 amide bonds. The summed E-state index contributed by atoms with van der Waals surface area (Å²) in [6.07, 6.45) is 6.89. The Labute approximate surface area is 182 Å². The largest absolute Gasteiger partial charge is 0.464 e. The molecule has 6 rings (SSSR count). The van der Waals surface area contributed by atoms with Crippen molar-refractivity contribution in [1.82, 2.24) is 19.6 Å². The average Bonchev–Trinajstić information content (AvgIpc) is 3.55. The van der Waals surface area contributed by atoms with E-state index in [1.54, 1.807) is 6.20 Å². The molecule has 0 unspecified atom stereocenters. The number of nitrogens with zero attached hydrogens (tertiary/aromatic N) is 4. The number of aromatic nitrogens is 2. The van der Waals surface area contributed by atoms with Gasteiger partial charge >= 0.3 is 0 Å². The first kappa shape index (κ1) is 18.9. The fourth-order valence-electron chi connectivity index (χ4n) is 6.37. The molecule has 3 saturated heterocycles. The van der Waals surface area contributed by atoms with Crippen LogP contribution in [0.25, 0.3) is 5.69 Å². The van der Waals surface area contributed by atoms with E-state index in [4.69, 9.17) is 4.42 Å². The molecule has 1 spiro atoms. The molecule has 0 aliphatic carbocycles. The summed E-state index contributed by atoms with van der Waals surface area (Å²) < 4.78 is 7.66. The molecule has 3 atom stereocenters. The first-order valence-corrected chi connectivity index (χ1v) is 11.3. The Bertz CT molecular complexity index is 1130. The monoisotopic (exact) mass is 416 g/mol. The fourth-order valence-corrected chi connectivity index (χ4v) is 6.37. The van der Waals surface area contributed by atoms with Gasteiger partial charge in [0.05, 0.1) is 12.2 Å². The molecule has 0 radical (unpaired) electrons. The number of amides is 1. The normalized spacial score (nSPS) is 27.8. The van der Waals surface area contributed by atoms with Crippen LogP contribution < -0.4 is 0 Å². The van der Waals surface area contributed by atoms with Crippen molar-refractivity contribution in [2.45, 2.75) is 51.2 Å². The lowest BCUT2D eigenvalue weighted by Gasteiger charge is -2.34. The molecule has 0 saturated carbocycles. The number of carbonyl (C=O) groups excluding carboxylic acids is 1. The van der Waals surface area contributed by atoms with Gasteiger partial charge in [-0.25, -0.2) is 4.68 Å². The van der Waals surface area contributed by atoms with Crippen molar-refractivity contribution in [3.8, 4) is 5.69 Å². The fraction of sp³-hybridized carbons (Fsp3) is 0.440. The lowest BCUT2D eigenvalue weighted by Crippen LogP contribution is -2.49. The Morgan fingerprint density at radius 3 is 2.87 bits per heavy atom. The zero-order valence-electron chi connectivity index (χ0n) is 18.1. The van der Waals surface area contributed by atoms with Crippen LogP contribution in [0.1, 0.15) is 48.0 Å². The van der Waals surface area contributed by atoms with Crippen molar-refractivity contribution < 1.29 is 9.21 Å². The highest BCUT2D eigenvalue weighted by Gasteiger charge is 2.65. The van der Waals surface area contributed by atoms with Crippen molar-refractivity contribution in [3.63, 3.8) is 0 Å². The van der Waals surface area contributed by atoms with Gasteiger partial charge in [0.15, 0.2) is 0 Å². The minimum Gasteiger partial charge on any atom is -0.464 e. The number of hydrogen-bond donors (Lipinski definition) is 0. The van der Waals surface area contributed by atoms with E-state index in [1.807, 2.05) is 40.9 Å². The molecule has 3 aliphatic rings. The van der Waals surface area contributed by atoms with Crippen LogP contribution >= 0.6 is 0 Å². The van der Waals surface area contributed by atoms with Gasteiger partial charge in [0.25, 0.3) is 0 Å². The van der Waals surface area contributed by atoms with E-state index in [1.165, 1.54) is 11.1 Å². The molecule has 3 aliphatic heterocycles. The van der Waals surface area contributed by atoms with Crippen molar-refractivity contribution in [1.29, 1.82) is 0 Å². The van der Waals surface area contributed by atoms with Gasteiger partial charge in [-0.3, -0.25) is 9.69 Å².